The molecule has 6 heteroatoms. The number of aliphatic hydroxyl groups is 1. The van der Waals surface area contributed by atoms with Gasteiger partial charge >= 0.3 is 0 Å². The molecule has 158 valence electrons. The fourth-order valence-electron chi connectivity index (χ4n) is 4.67. The van der Waals surface area contributed by atoms with Crippen LogP contribution in [-0.4, -0.2) is 44.2 Å². The van der Waals surface area contributed by atoms with E-state index in [9.17, 15) is 9.90 Å². The van der Waals surface area contributed by atoms with Gasteiger partial charge in [0.2, 0.25) is 11.5 Å². The molecule has 2 heterocycles. The fraction of sp³-hybridized carbons (Fsp3) is 0.417. The van der Waals surface area contributed by atoms with E-state index in [4.69, 9.17) is 5.41 Å². The minimum atomic E-state index is -0.422. The molecule has 2 unspecified atom stereocenters. The third-order valence-corrected chi connectivity index (χ3v) is 6.25. The Hall–Kier alpha value is -2.86. The third kappa shape index (κ3) is 3.67. The SMILES string of the molecule is CC1CN(C(=O)Cn2c(=N)n(Cc3ccccc3)c3ccccc32)CC(C)(C)C1O. The molecule has 2 N–H and O–H groups in total. The predicted molar refractivity (Wildman–Crippen MR) is 117 cm³/mol. The lowest BCUT2D eigenvalue weighted by atomic mass is 9.76. The van der Waals surface area contributed by atoms with Crippen molar-refractivity contribution in [3.05, 3.63) is 65.8 Å². The van der Waals surface area contributed by atoms with Crippen molar-refractivity contribution in [3.8, 4) is 0 Å². The number of carbonyl (C=O) groups is 1. The highest BCUT2D eigenvalue weighted by Crippen LogP contribution is 2.32. The standard InChI is InChI=1S/C24H30N4O2/c1-17-13-26(16-24(2,3)22(17)30)21(29)15-28-20-12-8-7-11-19(20)27(23(28)25)14-18-9-5-4-6-10-18/h4-12,17,22,25,30H,13-16H2,1-3H3. The highest BCUT2D eigenvalue weighted by atomic mass is 16.3. The van der Waals surface area contributed by atoms with Gasteiger partial charge in [-0.25, -0.2) is 0 Å². The van der Waals surface area contributed by atoms with Crippen molar-refractivity contribution in [1.29, 1.82) is 5.41 Å². The number of rotatable bonds is 4. The van der Waals surface area contributed by atoms with Gasteiger partial charge in [0.15, 0.2) is 0 Å². The normalized spacial score (nSPS) is 21.1. The maximum atomic E-state index is 13.2. The fourth-order valence-corrected chi connectivity index (χ4v) is 4.67. The second-order valence-electron chi connectivity index (χ2n) is 9.16. The molecule has 1 fully saturated rings. The van der Waals surface area contributed by atoms with Crippen molar-refractivity contribution in [1.82, 2.24) is 14.0 Å². The maximum Gasteiger partial charge on any atom is 0.242 e. The van der Waals surface area contributed by atoms with Gasteiger partial charge in [-0.1, -0.05) is 63.2 Å². The van der Waals surface area contributed by atoms with Gasteiger partial charge in [-0.05, 0) is 17.7 Å². The van der Waals surface area contributed by atoms with Crippen LogP contribution in [0, 0.1) is 16.7 Å². The molecule has 0 aliphatic carbocycles. The van der Waals surface area contributed by atoms with Gasteiger partial charge in [-0.15, -0.1) is 0 Å². The van der Waals surface area contributed by atoms with Crippen LogP contribution in [0.2, 0.25) is 0 Å². The number of likely N-dealkylation sites (tertiary alicyclic amines) is 1. The molecule has 1 aliphatic heterocycles. The number of imidazole rings is 1. The van der Waals surface area contributed by atoms with Crippen LogP contribution in [-0.2, 0) is 17.9 Å². The van der Waals surface area contributed by atoms with Crippen molar-refractivity contribution in [2.24, 2.45) is 11.3 Å². The van der Waals surface area contributed by atoms with E-state index >= 15 is 0 Å². The van der Waals surface area contributed by atoms with Crippen LogP contribution in [0.4, 0.5) is 0 Å². The first-order valence-corrected chi connectivity index (χ1v) is 10.5. The summed E-state index contributed by atoms with van der Waals surface area (Å²) in [6.07, 6.45) is -0.422. The van der Waals surface area contributed by atoms with E-state index in [1.165, 1.54) is 0 Å². The lowest BCUT2D eigenvalue weighted by Gasteiger charge is -2.45. The first-order valence-electron chi connectivity index (χ1n) is 10.5. The number of fused-ring (bicyclic) bond motifs is 1. The van der Waals surface area contributed by atoms with Crippen LogP contribution in [0.5, 0.6) is 0 Å². The molecule has 0 bridgehead atoms. The van der Waals surface area contributed by atoms with Gasteiger partial charge < -0.3 is 19.1 Å². The van der Waals surface area contributed by atoms with Crippen molar-refractivity contribution in [3.63, 3.8) is 0 Å². The number of hydrogen-bond acceptors (Lipinski definition) is 3. The summed E-state index contributed by atoms with van der Waals surface area (Å²) in [5.41, 5.74) is 2.92. The first kappa shape index (κ1) is 20.4. The maximum absolute atomic E-state index is 13.2. The van der Waals surface area contributed by atoms with Crippen LogP contribution in [0.15, 0.2) is 54.6 Å². The van der Waals surface area contributed by atoms with Crippen molar-refractivity contribution < 1.29 is 9.90 Å². The highest BCUT2D eigenvalue weighted by molar-refractivity contribution is 5.81. The second-order valence-corrected chi connectivity index (χ2v) is 9.16. The molecular weight excluding hydrogens is 376 g/mol. The molecular formula is C24H30N4O2. The Morgan fingerprint density at radius 3 is 2.30 bits per heavy atom. The van der Waals surface area contributed by atoms with Crippen LogP contribution in [0.25, 0.3) is 11.0 Å². The Labute approximate surface area is 176 Å². The molecule has 2 aromatic carbocycles. The van der Waals surface area contributed by atoms with Gasteiger partial charge in [-0.2, -0.15) is 0 Å². The minimum Gasteiger partial charge on any atom is -0.392 e. The largest absolute Gasteiger partial charge is 0.392 e. The molecule has 1 amide bonds. The topological polar surface area (TPSA) is 74.2 Å². The minimum absolute atomic E-state index is 0.0112. The molecule has 1 aromatic heterocycles. The Morgan fingerprint density at radius 1 is 1.07 bits per heavy atom. The Bertz CT molecular complexity index is 1110. The molecule has 0 spiro atoms. The molecule has 0 radical (unpaired) electrons. The quantitative estimate of drug-likeness (QED) is 0.699. The molecule has 6 nitrogen and oxygen atoms in total. The lowest BCUT2D eigenvalue weighted by Crippen LogP contribution is -2.55. The van der Waals surface area contributed by atoms with E-state index < -0.39 is 6.10 Å². The zero-order valence-corrected chi connectivity index (χ0v) is 17.9. The van der Waals surface area contributed by atoms with Gasteiger partial charge in [0.1, 0.15) is 6.54 Å². The lowest BCUT2D eigenvalue weighted by molar-refractivity contribution is -0.142. The second kappa shape index (κ2) is 7.76. The monoisotopic (exact) mass is 406 g/mol. The number of hydrogen-bond donors (Lipinski definition) is 2. The van der Waals surface area contributed by atoms with Crippen molar-refractivity contribution >= 4 is 16.9 Å². The molecule has 0 saturated carbocycles. The summed E-state index contributed by atoms with van der Waals surface area (Å²) in [4.78, 5) is 15.0. The summed E-state index contributed by atoms with van der Waals surface area (Å²) < 4.78 is 3.74. The Morgan fingerprint density at radius 2 is 1.67 bits per heavy atom. The number of benzene rings is 2. The number of piperidine rings is 1. The number of amides is 1. The van der Waals surface area contributed by atoms with Crippen LogP contribution in [0.3, 0.4) is 0 Å². The Kier molecular flexibility index (Phi) is 5.28. The summed E-state index contributed by atoms with van der Waals surface area (Å²) in [5.74, 6) is 0.0144. The molecule has 30 heavy (non-hydrogen) atoms. The molecule has 4 rings (SSSR count). The smallest absolute Gasteiger partial charge is 0.242 e. The van der Waals surface area contributed by atoms with E-state index in [0.717, 1.165) is 16.6 Å². The zero-order valence-electron chi connectivity index (χ0n) is 17.9. The average Bonchev–Trinajstić information content (AvgIpc) is 2.98. The summed E-state index contributed by atoms with van der Waals surface area (Å²) in [5, 5.41) is 19.2. The molecule has 3 aromatic rings. The summed E-state index contributed by atoms with van der Waals surface area (Å²) >= 11 is 0. The highest BCUT2D eigenvalue weighted by Gasteiger charge is 2.40. The van der Waals surface area contributed by atoms with E-state index in [0.29, 0.717) is 25.3 Å². The van der Waals surface area contributed by atoms with Gasteiger partial charge in [0.05, 0.1) is 23.7 Å². The van der Waals surface area contributed by atoms with E-state index in [-0.39, 0.29) is 23.8 Å². The molecule has 1 saturated heterocycles. The van der Waals surface area contributed by atoms with E-state index in [1.807, 2.05) is 84.8 Å². The van der Waals surface area contributed by atoms with Crippen molar-refractivity contribution in [2.75, 3.05) is 13.1 Å². The average molecular weight is 407 g/mol. The molecule has 1 aliphatic rings. The number of para-hydroxylation sites is 2. The van der Waals surface area contributed by atoms with Gasteiger partial charge in [0.25, 0.3) is 0 Å². The third-order valence-electron chi connectivity index (χ3n) is 6.25. The van der Waals surface area contributed by atoms with Gasteiger partial charge in [-0.3, -0.25) is 10.2 Å². The summed E-state index contributed by atoms with van der Waals surface area (Å²) in [6.45, 7) is 7.76. The first-order chi connectivity index (χ1) is 14.3. The number of aliphatic hydroxyl groups excluding tert-OH is 1. The number of nitrogens with one attached hydrogen (secondary N) is 1. The zero-order chi connectivity index (χ0) is 21.5. The van der Waals surface area contributed by atoms with Crippen molar-refractivity contribution in [2.45, 2.75) is 40.0 Å². The van der Waals surface area contributed by atoms with Crippen LogP contribution >= 0.6 is 0 Å². The van der Waals surface area contributed by atoms with Crippen LogP contribution in [0.1, 0.15) is 26.3 Å². The van der Waals surface area contributed by atoms with E-state index in [1.54, 1.807) is 4.57 Å². The van der Waals surface area contributed by atoms with Gasteiger partial charge in [0, 0.05) is 24.4 Å². The van der Waals surface area contributed by atoms with Crippen LogP contribution < -0.4 is 5.62 Å². The summed E-state index contributed by atoms with van der Waals surface area (Å²) in [6, 6.07) is 17.9. The molecule has 2 atom stereocenters. The predicted octanol–water partition coefficient (Wildman–Crippen LogP) is 2.84. The summed E-state index contributed by atoms with van der Waals surface area (Å²) in [7, 11) is 0. The Balaban J connectivity index is 1.66. The number of aromatic nitrogens is 2. The number of nitrogens with zero attached hydrogens (tertiary/aromatic N) is 3. The van der Waals surface area contributed by atoms with E-state index in [2.05, 4.69) is 0 Å². The number of carbonyl (C=O) groups excluding carboxylic acids is 1.